The zero-order valence-electron chi connectivity index (χ0n) is 6.63. The van der Waals surface area contributed by atoms with Crippen LogP contribution >= 0.6 is 0 Å². The van der Waals surface area contributed by atoms with Gasteiger partial charge in [-0.2, -0.15) is 0 Å². The quantitative estimate of drug-likeness (QED) is 0.674. The molecule has 3 heteroatoms. The maximum absolute atomic E-state index is 10.3. The second-order valence-electron chi connectivity index (χ2n) is 2.34. The van der Waals surface area contributed by atoms with Gasteiger partial charge in [-0.1, -0.05) is 31.2 Å². The van der Waals surface area contributed by atoms with Crippen LogP contribution in [0.25, 0.3) is 0 Å². The van der Waals surface area contributed by atoms with Crippen LogP contribution < -0.4 is 5.11 Å². The fraction of sp³-hybridized carbons (Fsp3) is 0.222. The molecule has 1 radical (unpaired) electrons. The van der Waals surface area contributed by atoms with E-state index >= 15 is 0 Å². The first-order chi connectivity index (χ1) is 5.24. The molecule has 0 aliphatic heterocycles. The SMILES string of the molecule is CCc1ccc(C(=O)[O-])cc1.[Cu+2]. The Morgan fingerprint density at radius 2 is 1.83 bits per heavy atom. The van der Waals surface area contributed by atoms with Crippen molar-refractivity contribution < 1.29 is 27.0 Å². The average Bonchev–Trinajstić information content (AvgIpc) is 2.05. The molecular formula is C9H9CuO2+. The Morgan fingerprint density at radius 1 is 1.33 bits per heavy atom. The summed E-state index contributed by atoms with van der Waals surface area (Å²) in [7, 11) is 0. The summed E-state index contributed by atoms with van der Waals surface area (Å²) >= 11 is 0. The van der Waals surface area contributed by atoms with E-state index in [1.54, 1.807) is 24.3 Å². The van der Waals surface area contributed by atoms with Gasteiger partial charge in [0.05, 0.1) is 5.97 Å². The summed E-state index contributed by atoms with van der Waals surface area (Å²) in [5.41, 5.74) is 1.37. The molecule has 0 aliphatic rings. The van der Waals surface area contributed by atoms with E-state index in [1.807, 2.05) is 6.92 Å². The molecule has 2 nitrogen and oxygen atoms in total. The zero-order valence-corrected chi connectivity index (χ0v) is 7.58. The number of aromatic carboxylic acids is 1. The molecule has 0 N–H and O–H groups in total. The van der Waals surface area contributed by atoms with E-state index in [1.165, 1.54) is 0 Å². The van der Waals surface area contributed by atoms with Gasteiger partial charge in [-0.3, -0.25) is 0 Å². The molecule has 0 fully saturated rings. The van der Waals surface area contributed by atoms with Crippen molar-refractivity contribution in [2.24, 2.45) is 0 Å². The number of hydrogen-bond acceptors (Lipinski definition) is 2. The summed E-state index contributed by atoms with van der Waals surface area (Å²) < 4.78 is 0. The van der Waals surface area contributed by atoms with Crippen molar-refractivity contribution in [2.75, 3.05) is 0 Å². The fourth-order valence-electron chi connectivity index (χ4n) is 0.877. The van der Waals surface area contributed by atoms with Gasteiger partial charge >= 0.3 is 17.1 Å². The number of carboxylic acid groups (broad SMARTS) is 1. The van der Waals surface area contributed by atoms with Gasteiger partial charge in [0.1, 0.15) is 0 Å². The smallest absolute Gasteiger partial charge is 0.545 e. The molecule has 1 aromatic rings. The van der Waals surface area contributed by atoms with Gasteiger partial charge in [0.15, 0.2) is 0 Å². The van der Waals surface area contributed by atoms with Crippen molar-refractivity contribution in [1.82, 2.24) is 0 Å². The number of carbonyl (C=O) groups is 1. The van der Waals surface area contributed by atoms with Crippen molar-refractivity contribution in [3.8, 4) is 0 Å². The van der Waals surface area contributed by atoms with Gasteiger partial charge < -0.3 is 9.90 Å². The molecule has 0 bridgehead atoms. The molecule has 0 saturated heterocycles. The molecule has 0 amide bonds. The van der Waals surface area contributed by atoms with Crippen LogP contribution in [-0.2, 0) is 23.5 Å². The number of rotatable bonds is 2. The van der Waals surface area contributed by atoms with E-state index in [0.29, 0.717) is 0 Å². The minimum atomic E-state index is -1.12. The second kappa shape index (κ2) is 4.96. The first-order valence-electron chi connectivity index (χ1n) is 3.54. The molecule has 0 aromatic heterocycles. The Kier molecular flexibility index (Phi) is 4.64. The van der Waals surface area contributed by atoms with Crippen LogP contribution in [0.3, 0.4) is 0 Å². The number of carboxylic acids is 1. The number of carbonyl (C=O) groups excluding carboxylic acids is 1. The van der Waals surface area contributed by atoms with Crippen LogP contribution in [0.1, 0.15) is 22.8 Å². The maximum Gasteiger partial charge on any atom is 2.00 e. The van der Waals surface area contributed by atoms with E-state index in [9.17, 15) is 9.90 Å². The Hall–Kier alpha value is -0.791. The largest absolute Gasteiger partial charge is 2.00 e. The minimum absolute atomic E-state index is 0. The molecule has 0 unspecified atom stereocenters. The molecule has 0 spiro atoms. The number of hydrogen-bond donors (Lipinski definition) is 0. The van der Waals surface area contributed by atoms with Crippen LogP contribution in [0.4, 0.5) is 0 Å². The molecule has 1 aromatic carbocycles. The van der Waals surface area contributed by atoms with Gasteiger partial charge in [-0.25, -0.2) is 0 Å². The minimum Gasteiger partial charge on any atom is -0.545 e. The van der Waals surface area contributed by atoms with Crippen LogP contribution in [0.2, 0.25) is 0 Å². The summed E-state index contributed by atoms with van der Waals surface area (Å²) in [6.45, 7) is 2.02. The molecule has 12 heavy (non-hydrogen) atoms. The Balaban J connectivity index is 0.00000121. The van der Waals surface area contributed by atoms with Gasteiger partial charge in [0.25, 0.3) is 0 Å². The molecule has 0 saturated carbocycles. The Labute approximate surface area is 82.1 Å². The van der Waals surface area contributed by atoms with Crippen molar-refractivity contribution in [1.29, 1.82) is 0 Å². The molecule has 67 valence electrons. The predicted octanol–water partition coefficient (Wildman–Crippen LogP) is 0.610. The zero-order chi connectivity index (χ0) is 8.27. The second-order valence-corrected chi connectivity index (χ2v) is 2.34. The third-order valence-electron chi connectivity index (χ3n) is 1.60. The van der Waals surface area contributed by atoms with Gasteiger partial charge in [0, 0.05) is 0 Å². The number of aryl methyl sites for hydroxylation is 1. The number of benzene rings is 1. The third kappa shape index (κ3) is 2.68. The molecule has 0 aliphatic carbocycles. The average molecular weight is 213 g/mol. The van der Waals surface area contributed by atoms with E-state index in [4.69, 9.17) is 0 Å². The van der Waals surface area contributed by atoms with Crippen molar-refractivity contribution in [3.05, 3.63) is 35.4 Å². The molecule has 0 atom stereocenters. The van der Waals surface area contributed by atoms with Crippen LogP contribution in [-0.4, -0.2) is 5.97 Å². The molecule has 0 heterocycles. The topological polar surface area (TPSA) is 40.1 Å². The van der Waals surface area contributed by atoms with Gasteiger partial charge in [0.2, 0.25) is 0 Å². The van der Waals surface area contributed by atoms with Crippen LogP contribution in [0.5, 0.6) is 0 Å². The summed E-state index contributed by atoms with van der Waals surface area (Å²) in [5.74, 6) is -1.12. The standard InChI is InChI=1S/C9H10O2.Cu/c1-2-7-3-5-8(6-4-7)9(10)11;/h3-6H,2H2,1H3,(H,10,11);/q;+2/p-1. The van der Waals surface area contributed by atoms with Crippen molar-refractivity contribution >= 4 is 5.97 Å². The molecule has 1 rings (SSSR count). The Morgan fingerprint density at radius 3 is 2.17 bits per heavy atom. The first-order valence-corrected chi connectivity index (χ1v) is 3.54. The van der Waals surface area contributed by atoms with E-state index in [2.05, 4.69) is 0 Å². The summed E-state index contributed by atoms with van der Waals surface area (Å²) in [5, 5.41) is 10.3. The van der Waals surface area contributed by atoms with E-state index in [0.717, 1.165) is 12.0 Å². The third-order valence-corrected chi connectivity index (χ3v) is 1.60. The van der Waals surface area contributed by atoms with Gasteiger partial charge in [-0.15, -0.1) is 0 Å². The van der Waals surface area contributed by atoms with Crippen molar-refractivity contribution in [2.45, 2.75) is 13.3 Å². The van der Waals surface area contributed by atoms with Crippen molar-refractivity contribution in [3.63, 3.8) is 0 Å². The summed E-state index contributed by atoms with van der Waals surface area (Å²) in [4.78, 5) is 10.3. The predicted molar refractivity (Wildman–Crippen MR) is 40.2 cm³/mol. The fourth-order valence-corrected chi connectivity index (χ4v) is 0.877. The molecular weight excluding hydrogens is 204 g/mol. The summed E-state index contributed by atoms with van der Waals surface area (Å²) in [6, 6.07) is 6.72. The monoisotopic (exact) mass is 212 g/mol. The Bertz CT molecular complexity index is 254. The first kappa shape index (κ1) is 11.2. The maximum atomic E-state index is 10.3. The normalized spacial score (nSPS) is 8.75. The van der Waals surface area contributed by atoms with E-state index in [-0.39, 0.29) is 22.6 Å². The van der Waals surface area contributed by atoms with Crippen LogP contribution in [0, 0.1) is 0 Å². The van der Waals surface area contributed by atoms with Gasteiger partial charge in [-0.05, 0) is 17.5 Å². The van der Waals surface area contributed by atoms with E-state index < -0.39 is 5.97 Å². The summed E-state index contributed by atoms with van der Waals surface area (Å²) in [6.07, 6.45) is 0.924. The van der Waals surface area contributed by atoms with Crippen LogP contribution in [0.15, 0.2) is 24.3 Å².